The van der Waals surface area contributed by atoms with Crippen molar-refractivity contribution in [1.82, 2.24) is 9.88 Å². The van der Waals surface area contributed by atoms with Gasteiger partial charge < -0.3 is 14.6 Å². The number of ether oxygens (including phenoxy) is 1. The van der Waals surface area contributed by atoms with Crippen LogP contribution in [0.15, 0.2) is 47.3 Å². The minimum Gasteiger partial charge on any atom is -0.497 e. The maximum Gasteiger partial charge on any atom is 0.254 e. The number of aromatic amines is 1. The Bertz CT molecular complexity index is 1180. The molecule has 2 aliphatic rings. The summed E-state index contributed by atoms with van der Waals surface area (Å²) in [5, 5.41) is 0.506. The molecular weight excluding hydrogens is 359 g/mol. The van der Waals surface area contributed by atoms with Crippen molar-refractivity contribution in [3.63, 3.8) is 0 Å². The summed E-state index contributed by atoms with van der Waals surface area (Å²) in [5.41, 5.74) is 2.41. The van der Waals surface area contributed by atoms with Crippen molar-refractivity contribution in [2.24, 2.45) is 0 Å². The van der Waals surface area contributed by atoms with Gasteiger partial charge in [0.25, 0.3) is 5.91 Å². The minimum atomic E-state index is -0.596. The number of rotatable bonds is 2. The number of hydrogen-bond donors (Lipinski definition) is 1. The van der Waals surface area contributed by atoms with E-state index in [2.05, 4.69) is 11.1 Å². The average Bonchev–Trinajstić information content (AvgIpc) is 3.47. The van der Waals surface area contributed by atoms with E-state index in [0.717, 1.165) is 24.2 Å². The van der Waals surface area contributed by atoms with Gasteiger partial charge in [-0.05, 0) is 54.3 Å². The van der Waals surface area contributed by atoms with Gasteiger partial charge in [-0.2, -0.15) is 0 Å². The van der Waals surface area contributed by atoms with Crippen molar-refractivity contribution >= 4 is 16.8 Å². The highest BCUT2D eigenvalue weighted by molar-refractivity contribution is 5.98. The molecule has 1 fully saturated rings. The molecule has 5 nitrogen and oxygen atoms in total. The number of hydrogen-bond acceptors (Lipinski definition) is 3. The number of carbonyl (C=O) groups excluding carboxylic acids is 1. The Balaban J connectivity index is 1.52. The van der Waals surface area contributed by atoms with Gasteiger partial charge in [0.15, 0.2) is 0 Å². The third-order valence-corrected chi connectivity index (χ3v) is 5.91. The number of halogens is 1. The molecule has 3 aromatic rings. The first-order valence-electron chi connectivity index (χ1n) is 9.28. The van der Waals surface area contributed by atoms with E-state index in [9.17, 15) is 14.0 Å². The second kappa shape index (κ2) is 5.92. The van der Waals surface area contributed by atoms with Crippen LogP contribution >= 0.6 is 0 Å². The molecule has 1 spiro atoms. The number of fused-ring (bicyclic) bond motifs is 3. The van der Waals surface area contributed by atoms with Crippen LogP contribution in [0.5, 0.6) is 5.75 Å². The third-order valence-electron chi connectivity index (χ3n) is 5.91. The SMILES string of the molecule is COc1ccc2c(c1)C1(CC1)CN(C(=O)c1cc(F)c3[nH]c(=O)ccc3c1)C2. The fraction of sp³-hybridized carbons (Fsp3) is 0.273. The van der Waals surface area contributed by atoms with Gasteiger partial charge in [0.1, 0.15) is 11.6 Å². The predicted octanol–water partition coefficient (Wildman–Crippen LogP) is 3.36. The molecule has 1 saturated carbocycles. The molecule has 142 valence electrons. The average molecular weight is 378 g/mol. The zero-order valence-electron chi connectivity index (χ0n) is 15.4. The smallest absolute Gasteiger partial charge is 0.254 e. The lowest BCUT2D eigenvalue weighted by Crippen LogP contribution is -2.41. The van der Waals surface area contributed by atoms with E-state index in [1.165, 1.54) is 23.8 Å². The van der Waals surface area contributed by atoms with Gasteiger partial charge in [0.05, 0.1) is 12.6 Å². The molecule has 0 atom stereocenters. The molecule has 1 amide bonds. The molecule has 0 radical (unpaired) electrons. The summed E-state index contributed by atoms with van der Waals surface area (Å²) in [7, 11) is 1.65. The van der Waals surface area contributed by atoms with Crippen LogP contribution in [0.2, 0.25) is 0 Å². The van der Waals surface area contributed by atoms with E-state index in [1.807, 2.05) is 12.1 Å². The Morgan fingerprint density at radius 1 is 1.18 bits per heavy atom. The van der Waals surface area contributed by atoms with Crippen LogP contribution in [0.4, 0.5) is 4.39 Å². The van der Waals surface area contributed by atoms with Gasteiger partial charge in [0, 0.05) is 35.5 Å². The lowest BCUT2D eigenvalue weighted by molar-refractivity contribution is 0.0709. The number of nitrogens with zero attached hydrogens (tertiary/aromatic N) is 1. The van der Waals surface area contributed by atoms with E-state index in [0.29, 0.717) is 24.0 Å². The fourth-order valence-corrected chi connectivity index (χ4v) is 4.28. The molecule has 1 aliphatic heterocycles. The molecule has 1 aliphatic carbocycles. The van der Waals surface area contributed by atoms with Crippen LogP contribution in [0, 0.1) is 5.82 Å². The number of benzene rings is 2. The third kappa shape index (κ3) is 2.59. The highest BCUT2D eigenvalue weighted by Crippen LogP contribution is 2.53. The van der Waals surface area contributed by atoms with Crippen LogP contribution in [0.3, 0.4) is 0 Å². The Kier molecular flexibility index (Phi) is 3.59. The number of H-pyrrole nitrogens is 1. The van der Waals surface area contributed by atoms with Crippen LogP contribution in [0.1, 0.15) is 34.3 Å². The highest BCUT2D eigenvalue weighted by Gasteiger charge is 2.50. The van der Waals surface area contributed by atoms with Gasteiger partial charge in [-0.15, -0.1) is 0 Å². The summed E-state index contributed by atoms with van der Waals surface area (Å²) in [5.74, 6) is 0.0389. The molecule has 6 heteroatoms. The quantitative estimate of drug-likeness (QED) is 0.744. The molecule has 0 unspecified atom stereocenters. The first-order valence-corrected chi connectivity index (χ1v) is 9.28. The van der Waals surface area contributed by atoms with Crippen molar-refractivity contribution in [2.45, 2.75) is 24.8 Å². The van der Waals surface area contributed by atoms with Crippen molar-refractivity contribution in [3.8, 4) is 5.75 Å². The molecule has 28 heavy (non-hydrogen) atoms. The summed E-state index contributed by atoms with van der Waals surface area (Å²) in [6.07, 6.45) is 2.06. The van der Waals surface area contributed by atoms with Crippen molar-refractivity contribution in [2.75, 3.05) is 13.7 Å². The van der Waals surface area contributed by atoms with E-state index >= 15 is 0 Å². The Hall–Kier alpha value is -3.15. The summed E-state index contributed by atoms with van der Waals surface area (Å²) < 4.78 is 19.8. The van der Waals surface area contributed by atoms with Crippen molar-refractivity contribution in [3.05, 3.63) is 75.3 Å². The van der Waals surface area contributed by atoms with E-state index in [-0.39, 0.29) is 22.4 Å². The Morgan fingerprint density at radius 2 is 2.00 bits per heavy atom. The van der Waals surface area contributed by atoms with Crippen LogP contribution < -0.4 is 10.3 Å². The summed E-state index contributed by atoms with van der Waals surface area (Å²) in [4.78, 5) is 28.9. The molecule has 2 heterocycles. The lowest BCUT2D eigenvalue weighted by atomic mass is 9.86. The van der Waals surface area contributed by atoms with Gasteiger partial charge in [-0.3, -0.25) is 9.59 Å². The van der Waals surface area contributed by atoms with Crippen molar-refractivity contribution in [1.29, 1.82) is 0 Å². The van der Waals surface area contributed by atoms with Crippen molar-refractivity contribution < 1.29 is 13.9 Å². The Labute approximate surface area is 160 Å². The van der Waals surface area contributed by atoms with Gasteiger partial charge in [-0.1, -0.05) is 6.07 Å². The number of amides is 1. The van der Waals surface area contributed by atoms with Gasteiger partial charge in [0.2, 0.25) is 5.56 Å². The zero-order chi connectivity index (χ0) is 19.5. The number of carbonyl (C=O) groups is 1. The zero-order valence-corrected chi connectivity index (χ0v) is 15.4. The second-order valence-electron chi connectivity index (χ2n) is 7.71. The van der Waals surface area contributed by atoms with E-state index in [1.54, 1.807) is 18.1 Å². The molecule has 0 saturated heterocycles. The molecule has 5 rings (SSSR count). The van der Waals surface area contributed by atoms with Crippen LogP contribution in [-0.4, -0.2) is 29.4 Å². The largest absolute Gasteiger partial charge is 0.497 e. The predicted molar refractivity (Wildman–Crippen MR) is 103 cm³/mol. The molecule has 0 bridgehead atoms. The number of methoxy groups -OCH3 is 1. The first kappa shape index (κ1) is 17.0. The first-order chi connectivity index (χ1) is 13.5. The maximum atomic E-state index is 14.5. The monoisotopic (exact) mass is 378 g/mol. The van der Waals surface area contributed by atoms with Crippen LogP contribution in [0.25, 0.3) is 10.9 Å². The highest BCUT2D eigenvalue weighted by atomic mass is 19.1. The van der Waals surface area contributed by atoms with E-state index < -0.39 is 5.82 Å². The summed E-state index contributed by atoms with van der Waals surface area (Å²) in [6, 6.07) is 11.7. The molecule has 1 aromatic heterocycles. The molecule has 2 aromatic carbocycles. The normalized spacial score (nSPS) is 16.9. The molecule has 1 N–H and O–H groups in total. The maximum absolute atomic E-state index is 14.5. The fourth-order valence-electron chi connectivity index (χ4n) is 4.28. The molecular formula is C22H19FN2O3. The number of nitrogens with one attached hydrogen (secondary N) is 1. The summed E-state index contributed by atoms with van der Waals surface area (Å²) >= 11 is 0. The lowest BCUT2D eigenvalue weighted by Gasteiger charge is -2.35. The van der Waals surface area contributed by atoms with E-state index in [4.69, 9.17) is 4.74 Å². The second-order valence-corrected chi connectivity index (χ2v) is 7.71. The minimum absolute atomic E-state index is 0.0155. The number of aromatic nitrogens is 1. The number of pyridine rings is 1. The van der Waals surface area contributed by atoms with Crippen LogP contribution in [-0.2, 0) is 12.0 Å². The van der Waals surface area contributed by atoms with Gasteiger partial charge in [-0.25, -0.2) is 4.39 Å². The Morgan fingerprint density at radius 3 is 2.75 bits per heavy atom. The topological polar surface area (TPSA) is 62.4 Å². The summed E-state index contributed by atoms with van der Waals surface area (Å²) in [6.45, 7) is 1.11. The van der Waals surface area contributed by atoms with Gasteiger partial charge >= 0.3 is 0 Å². The standard InChI is InChI=1S/C22H19FN2O3/c1-28-16-4-2-14-11-25(12-22(6-7-22)17(14)10-16)21(27)15-8-13-3-5-19(26)24-20(13)18(23)9-15/h2-5,8-10H,6-7,11-12H2,1H3,(H,24,26).